The van der Waals surface area contributed by atoms with Crippen LogP contribution in [-0.4, -0.2) is 47.8 Å². The van der Waals surface area contributed by atoms with Gasteiger partial charge in [0, 0.05) is 6.04 Å². The molecule has 0 aromatic heterocycles. The van der Waals surface area contributed by atoms with Gasteiger partial charge in [0.25, 0.3) is 17.7 Å². The summed E-state index contributed by atoms with van der Waals surface area (Å²) < 4.78 is 4.89. The predicted octanol–water partition coefficient (Wildman–Crippen LogP) is 1.91. The van der Waals surface area contributed by atoms with E-state index in [9.17, 15) is 19.2 Å². The molecule has 0 unspecified atom stereocenters. The summed E-state index contributed by atoms with van der Waals surface area (Å²) in [6, 6.07) is 6.38. The number of ether oxygens (including phenoxy) is 1. The molecule has 1 aromatic rings. The molecule has 0 spiro atoms. The van der Waals surface area contributed by atoms with Crippen molar-refractivity contribution in [3.63, 3.8) is 0 Å². The molecule has 26 heavy (non-hydrogen) atoms. The maximum absolute atomic E-state index is 12.2. The fraction of sp³-hybridized carbons (Fsp3) is 0.474. The molecule has 0 aliphatic carbocycles. The van der Waals surface area contributed by atoms with Crippen LogP contribution in [0.2, 0.25) is 0 Å². The molecule has 0 bridgehead atoms. The molecule has 1 aromatic carbocycles. The smallest absolute Gasteiger partial charge is 0.326 e. The van der Waals surface area contributed by atoms with E-state index in [2.05, 4.69) is 12.2 Å². The van der Waals surface area contributed by atoms with Crippen molar-refractivity contribution in [3.05, 3.63) is 35.4 Å². The highest BCUT2D eigenvalue weighted by Gasteiger charge is 2.36. The van der Waals surface area contributed by atoms with Gasteiger partial charge in [-0.05, 0) is 25.5 Å². The quantitative estimate of drug-likeness (QED) is 0.412. The number of carbonyl (C=O) groups is 4. The fourth-order valence-corrected chi connectivity index (χ4v) is 2.79. The van der Waals surface area contributed by atoms with Gasteiger partial charge in [-0.2, -0.15) is 0 Å². The Morgan fingerprint density at radius 1 is 1.12 bits per heavy atom. The summed E-state index contributed by atoms with van der Waals surface area (Å²) in [7, 11) is 0. The van der Waals surface area contributed by atoms with Crippen LogP contribution in [0.15, 0.2) is 24.3 Å². The molecule has 0 saturated carbocycles. The first kappa shape index (κ1) is 19.6. The van der Waals surface area contributed by atoms with Crippen LogP contribution in [0, 0.1) is 0 Å². The van der Waals surface area contributed by atoms with E-state index in [4.69, 9.17) is 4.74 Å². The molecule has 1 aliphatic heterocycles. The van der Waals surface area contributed by atoms with Crippen LogP contribution in [0.5, 0.6) is 0 Å². The van der Waals surface area contributed by atoms with Gasteiger partial charge in [0.15, 0.2) is 6.61 Å². The summed E-state index contributed by atoms with van der Waals surface area (Å²) in [6.45, 7) is 3.07. The lowest BCUT2D eigenvalue weighted by atomic mass is 10.1. The number of rotatable bonds is 9. The van der Waals surface area contributed by atoms with Crippen molar-refractivity contribution in [2.24, 2.45) is 0 Å². The van der Waals surface area contributed by atoms with E-state index >= 15 is 0 Å². The van der Waals surface area contributed by atoms with Crippen LogP contribution in [0.1, 0.15) is 60.2 Å². The van der Waals surface area contributed by atoms with Crippen LogP contribution in [0.4, 0.5) is 0 Å². The lowest BCUT2D eigenvalue weighted by Crippen LogP contribution is -2.39. The van der Waals surface area contributed by atoms with Gasteiger partial charge in [-0.25, -0.2) is 0 Å². The van der Waals surface area contributed by atoms with Crippen molar-refractivity contribution in [3.8, 4) is 0 Å². The van der Waals surface area contributed by atoms with E-state index in [0.717, 1.165) is 30.6 Å². The molecule has 1 atom stereocenters. The van der Waals surface area contributed by atoms with Gasteiger partial charge in [0.05, 0.1) is 11.1 Å². The average molecular weight is 360 g/mol. The third kappa shape index (κ3) is 4.91. The van der Waals surface area contributed by atoms with Crippen LogP contribution < -0.4 is 5.32 Å². The number of esters is 1. The third-order valence-corrected chi connectivity index (χ3v) is 4.18. The molecule has 2 rings (SSSR count). The second-order valence-corrected chi connectivity index (χ2v) is 6.37. The van der Waals surface area contributed by atoms with Crippen molar-refractivity contribution >= 4 is 23.7 Å². The summed E-state index contributed by atoms with van der Waals surface area (Å²) in [5.74, 6) is -2.26. The van der Waals surface area contributed by atoms with Crippen molar-refractivity contribution < 1.29 is 23.9 Å². The highest BCUT2D eigenvalue weighted by Crippen LogP contribution is 2.22. The molecule has 1 heterocycles. The van der Waals surface area contributed by atoms with Gasteiger partial charge in [-0.1, -0.05) is 38.3 Å². The number of nitrogens with zero attached hydrogens (tertiary/aromatic N) is 1. The second kappa shape index (κ2) is 9.12. The van der Waals surface area contributed by atoms with Gasteiger partial charge >= 0.3 is 5.97 Å². The van der Waals surface area contributed by atoms with Crippen molar-refractivity contribution in [1.82, 2.24) is 10.2 Å². The van der Waals surface area contributed by atoms with E-state index < -0.39 is 36.8 Å². The number of benzene rings is 1. The minimum Gasteiger partial charge on any atom is -0.454 e. The Morgan fingerprint density at radius 3 is 2.31 bits per heavy atom. The number of hydrogen-bond acceptors (Lipinski definition) is 5. The Bertz CT molecular complexity index is 666. The summed E-state index contributed by atoms with van der Waals surface area (Å²) in [5.41, 5.74) is 0.535. The third-order valence-electron chi connectivity index (χ3n) is 4.18. The fourth-order valence-electron chi connectivity index (χ4n) is 2.79. The molecule has 0 fully saturated rings. The zero-order valence-corrected chi connectivity index (χ0v) is 15.1. The Balaban J connectivity index is 1.77. The van der Waals surface area contributed by atoms with Gasteiger partial charge in [0.1, 0.15) is 6.54 Å². The number of imide groups is 1. The van der Waals surface area contributed by atoms with E-state index in [1.807, 2.05) is 6.92 Å². The van der Waals surface area contributed by atoms with Gasteiger partial charge in [-0.15, -0.1) is 0 Å². The van der Waals surface area contributed by atoms with E-state index in [-0.39, 0.29) is 17.2 Å². The zero-order valence-electron chi connectivity index (χ0n) is 15.1. The SMILES string of the molecule is CCCCC[C@@H](C)NC(=O)COC(=O)CN1C(=O)c2ccccc2C1=O. The maximum atomic E-state index is 12.2. The number of nitrogens with one attached hydrogen (secondary N) is 1. The molecule has 1 N–H and O–H groups in total. The lowest BCUT2D eigenvalue weighted by Gasteiger charge is -2.15. The minimum absolute atomic E-state index is 0.00369. The molecule has 140 valence electrons. The minimum atomic E-state index is -0.798. The summed E-state index contributed by atoms with van der Waals surface area (Å²) in [5, 5.41) is 2.76. The van der Waals surface area contributed by atoms with Crippen LogP contribution in [0.3, 0.4) is 0 Å². The maximum Gasteiger partial charge on any atom is 0.326 e. The first-order valence-corrected chi connectivity index (χ1v) is 8.84. The Labute approximate surface area is 152 Å². The highest BCUT2D eigenvalue weighted by atomic mass is 16.5. The lowest BCUT2D eigenvalue weighted by molar-refractivity contribution is -0.148. The van der Waals surface area contributed by atoms with E-state index in [1.165, 1.54) is 12.1 Å². The summed E-state index contributed by atoms with van der Waals surface area (Å²) >= 11 is 0. The summed E-state index contributed by atoms with van der Waals surface area (Å²) in [6.07, 6.45) is 4.10. The summed E-state index contributed by atoms with van der Waals surface area (Å²) in [4.78, 5) is 48.9. The van der Waals surface area contributed by atoms with Crippen molar-refractivity contribution in [2.75, 3.05) is 13.2 Å². The standard InChI is InChI=1S/C19H24N2O5/c1-3-4-5-8-13(2)20-16(22)12-26-17(23)11-21-18(24)14-9-6-7-10-15(14)19(21)25/h6-7,9-10,13H,3-5,8,11-12H2,1-2H3,(H,20,22)/t13-/m1/s1. The molecule has 3 amide bonds. The second-order valence-electron chi connectivity index (χ2n) is 6.37. The topological polar surface area (TPSA) is 92.8 Å². The van der Waals surface area contributed by atoms with Crippen LogP contribution >= 0.6 is 0 Å². The highest BCUT2D eigenvalue weighted by molar-refractivity contribution is 6.22. The Kier molecular flexibility index (Phi) is 6.89. The van der Waals surface area contributed by atoms with Crippen LogP contribution in [-0.2, 0) is 14.3 Å². The monoisotopic (exact) mass is 360 g/mol. The van der Waals surface area contributed by atoms with Crippen molar-refractivity contribution in [2.45, 2.75) is 45.6 Å². The van der Waals surface area contributed by atoms with Crippen LogP contribution in [0.25, 0.3) is 0 Å². The largest absolute Gasteiger partial charge is 0.454 e. The molecular formula is C19H24N2O5. The Hall–Kier alpha value is -2.70. The normalized spacial score (nSPS) is 14.2. The number of unbranched alkanes of at least 4 members (excludes halogenated alkanes) is 2. The van der Waals surface area contributed by atoms with Gasteiger partial charge < -0.3 is 10.1 Å². The van der Waals surface area contributed by atoms with E-state index in [0.29, 0.717) is 0 Å². The molecule has 0 radical (unpaired) electrons. The Morgan fingerprint density at radius 2 is 1.73 bits per heavy atom. The van der Waals surface area contributed by atoms with Gasteiger partial charge in [0.2, 0.25) is 0 Å². The molecule has 7 heteroatoms. The first-order chi connectivity index (χ1) is 12.4. The molecular weight excluding hydrogens is 336 g/mol. The predicted molar refractivity (Wildman–Crippen MR) is 94.5 cm³/mol. The number of fused-ring (bicyclic) bond motifs is 1. The zero-order chi connectivity index (χ0) is 19.1. The van der Waals surface area contributed by atoms with E-state index in [1.54, 1.807) is 12.1 Å². The number of amides is 3. The molecule has 1 aliphatic rings. The van der Waals surface area contributed by atoms with Crippen molar-refractivity contribution in [1.29, 1.82) is 0 Å². The molecule has 0 saturated heterocycles. The number of hydrogen-bond donors (Lipinski definition) is 1. The number of carbonyl (C=O) groups excluding carboxylic acids is 4. The first-order valence-electron chi connectivity index (χ1n) is 8.84. The molecule has 7 nitrogen and oxygen atoms in total. The average Bonchev–Trinajstić information content (AvgIpc) is 2.85. The van der Waals surface area contributed by atoms with Gasteiger partial charge in [-0.3, -0.25) is 24.1 Å².